The second-order valence-corrected chi connectivity index (χ2v) is 5.89. The molecule has 2 rings (SSSR count). The van der Waals surface area contributed by atoms with Crippen LogP contribution in [0.1, 0.15) is 41.9 Å². The summed E-state index contributed by atoms with van der Waals surface area (Å²) in [5.41, 5.74) is 2.86. The zero-order valence-corrected chi connectivity index (χ0v) is 15.1. The van der Waals surface area contributed by atoms with Gasteiger partial charge in [-0.05, 0) is 44.4 Å². The molecule has 130 valence electrons. The van der Waals surface area contributed by atoms with Crippen molar-refractivity contribution in [3.8, 4) is 5.75 Å². The number of carbonyl (C=O) groups excluding carboxylic acids is 1. The molecule has 0 aliphatic heterocycles. The van der Waals surface area contributed by atoms with Gasteiger partial charge in [-0.3, -0.25) is 9.48 Å². The van der Waals surface area contributed by atoms with Crippen LogP contribution >= 0.6 is 0 Å². The Kier molecular flexibility index (Phi) is 6.41. The van der Waals surface area contributed by atoms with Crippen LogP contribution in [-0.2, 0) is 13.0 Å². The molecular formula is C19H27N3O2. The predicted octanol–water partition coefficient (Wildman–Crippen LogP) is 3.31. The van der Waals surface area contributed by atoms with Gasteiger partial charge in [-0.25, -0.2) is 0 Å². The smallest absolute Gasteiger partial charge is 0.257 e. The summed E-state index contributed by atoms with van der Waals surface area (Å²) in [5, 5.41) is 4.23. The van der Waals surface area contributed by atoms with Crippen molar-refractivity contribution >= 4 is 5.91 Å². The van der Waals surface area contributed by atoms with Gasteiger partial charge in [-0.1, -0.05) is 19.1 Å². The number of aryl methyl sites for hydroxylation is 2. The number of benzene rings is 1. The summed E-state index contributed by atoms with van der Waals surface area (Å²) >= 11 is 0. The molecule has 1 heterocycles. The van der Waals surface area contributed by atoms with Gasteiger partial charge in [0.25, 0.3) is 5.91 Å². The average Bonchev–Trinajstić information content (AvgIpc) is 2.98. The van der Waals surface area contributed by atoms with Gasteiger partial charge in [0.15, 0.2) is 0 Å². The first-order valence-corrected chi connectivity index (χ1v) is 8.56. The fraction of sp³-hybridized carbons (Fsp3) is 0.474. The van der Waals surface area contributed by atoms with E-state index in [-0.39, 0.29) is 5.91 Å². The number of ether oxygens (including phenoxy) is 1. The van der Waals surface area contributed by atoms with E-state index in [4.69, 9.17) is 4.74 Å². The molecular weight excluding hydrogens is 302 g/mol. The number of hydrogen-bond donors (Lipinski definition) is 0. The van der Waals surface area contributed by atoms with Crippen molar-refractivity contribution in [2.75, 3.05) is 20.2 Å². The predicted molar refractivity (Wildman–Crippen MR) is 95.5 cm³/mol. The van der Waals surface area contributed by atoms with Gasteiger partial charge in [0, 0.05) is 25.8 Å². The van der Waals surface area contributed by atoms with Gasteiger partial charge in [-0.2, -0.15) is 5.10 Å². The van der Waals surface area contributed by atoms with E-state index in [0.29, 0.717) is 18.7 Å². The van der Waals surface area contributed by atoms with Gasteiger partial charge >= 0.3 is 0 Å². The summed E-state index contributed by atoms with van der Waals surface area (Å²) in [5.74, 6) is 0.906. The van der Waals surface area contributed by atoms with Gasteiger partial charge in [0.2, 0.25) is 0 Å². The van der Waals surface area contributed by atoms with Gasteiger partial charge < -0.3 is 9.64 Å². The third-order valence-electron chi connectivity index (χ3n) is 4.19. The fourth-order valence-corrected chi connectivity index (χ4v) is 2.63. The van der Waals surface area contributed by atoms with Crippen LogP contribution in [0.15, 0.2) is 30.5 Å². The van der Waals surface area contributed by atoms with Crippen molar-refractivity contribution in [2.24, 2.45) is 0 Å². The first kappa shape index (κ1) is 18.0. The summed E-state index contributed by atoms with van der Waals surface area (Å²) in [6, 6.07) is 8.14. The molecule has 2 aromatic rings. The van der Waals surface area contributed by atoms with Gasteiger partial charge in [0.05, 0.1) is 18.4 Å². The summed E-state index contributed by atoms with van der Waals surface area (Å²) in [6.45, 7) is 8.10. The van der Waals surface area contributed by atoms with E-state index in [9.17, 15) is 4.79 Å². The van der Waals surface area contributed by atoms with E-state index >= 15 is 0 Å². The van der Waals surface area contributed by atoms with Crippen molar-refractivity contribution in [1.29, 1.82) is 0 Å². The Morgan fingerprint density at radius 2 is 2.12 bits per heavy atom. The Bertz CT molecular complexity index is 679. The maximum Gasteiger partial charge on any atom is 0.257 e. The first-order chi connectivity index (χ1) is 11.6. The normalized spacial score (nSPS) is 10.7. The molecule has 5 heteroatoms. The standard InChI is InChI=1S/C19H27N3O2/c1-5-16-9-7-10-17(13-16)24-12-8-11-21(4)19(23)18-14-20-22(6-2)15(18)3/h7,9-10,13-14H,5-6,8,11-12H2,1-4H3. The maximum absolute atomic E-state index is 12.5. The van der Waals surface area contributed by atoms with Crippen molar-refractivity contribution < 1.29 is 9.53 Å². The number of amides is 1. The Hall–Kier alpha value is -2.30. The first-order valence-electron chi connectivity index (χ1n) is 8.56. The molecule has 0 spiro atoms. The molecule has 0 saturated carbocycles. The molecule has 0 aliphatic rings. The molecule has 1 aromatic heterocycles. The van der Waals surface area contributed by atoms with E-state index in [1.807, 2.05) is 37.7 Å². The minimum atomic E-state index is 0.0141. The van der Waals surface area contributed by atoms with E-state index in [0.717, 1.165) is 30.8 Å². The Balaban J connectivity index is 1.81. The number of hydrogen-bond acceptors (Lipinski definition) is 3. The molecule has 0 N–H and O–H groups in total. The van der Waals surface area contributed by atoms with E-state index < -0.39 is 0 Å². The lowest BCUT2D eigenvalue weighted by atomic mass is 10.2. The highest BCUT2D eigenvalue weighted by molar-refractivity contribution is 5.94. The lowest BCUT2D eigenvalue weighted by molar-refractivity contribution is 0.0787. The van der Waals surface area contributed by atoms with Crippen LogP contribution in [0.4, 0.5) is 0 Å². The minimum Gasteiger partial charge on any atom is -0.494 e. The van der Waals surface area contributed by atoms with E-state index in [1.54, 1.807) is 11.1 Å². The van der Waals surface area contributed by atoms with Crippen LogP contribution in [0.3, 0.4) is 0 Å². The molecule has 0 radical (unpaired) electrons. The van der Waals surface area contributed by atoms with Crippen molar-refractivity contribution in [1.82, 2.24) is 14.7 Å². The Labute approximate surface area is 144 Å². The van der Waals surface area contributed by atoms with Crippen LogP contribution in [-0.4, -0.2) is 40.8 Å². The molecule has 0 aliphatic carbocycles. The Morgan fingerprint density at radius 3 is 2.79 bits per heavy atom. The largest absolute Gasteiger partial charge is 0.494 e. The molecule has 0 atom stereocenters. The average molecular weight is 329 g/mol. The Morgan fingerprint density at radius 1 is 1.33 bits per heavy atom. The third-order valence-corrected chi connectivity index (χ3v) is 4.19. The lowest BCUT2D eigenvalue weighted by Gasteiger charge is -2.17. The maximum atomic E-state index is 12.5. The number of carbonyl (C=O) groups is 1. The molecule has 1 amide bonds. The van der Waals surface area contributed by atoms with E-state index in [2.05, 4.69) is 24.2 Å². The summed E-state index contributed by atoms with van der Waals surface area (Å²) < 4.78 is 7.61. The second kappa shape index (κ2) is 8.52. The van der Waals surface area contributed by atoms with Crippen molar-refractivity contribution in [2.45, 2.75) is 40.2 Å². The molecule has 0 fully saturated rings. The molecule has 0 bridgehead atoms. The van der Waals surface area contributed by atoms with Crippen LogP contribution in [0.2, 0.25) is 0 Å². The van der Waals surface area contributed by atoms with Gasteiger partial charge in [0.1, 0.15) is 5.75 Å². The van der Waals surface area contributed by atoms with E-state index in [1.165, 1.54) is 5.56 Å². The monoisotopic (exact) mass is 329 g/mol. The van der Waals surface area contributed by atoms with Crippen molar-refractivity contribution in [3.63, 3.8) is 0 Å². The van der Waals surface area contributed by atoms with Crippen LogP contribution < -0.4 is 4.74 Å². The van der Waals surface area contributed by atoms with Crippen LogP contribution in [0.25, 0.3) is 0 Å². The number of rotatable bonds is 8. The number of nitrogens with zero attached hydrogens (tertiary/aromatic N) is 3. The minimum absolute atomic E-state index is 0.0141. The van der Waals surface area contributed by atoms with Crippen LogP contribution in [0, 0.1) is 6.92 Å². The highest BCUT2D eigenvalue weighted by atomic mass is 16.5. The highest BCUT2D eigenvalue weighted by Crippen LogP contribution is 2.14. The second-order valence-electron chi connectivity index (χ2n) is 5.89. The fourth-order valence-electron chi connectivity index (χ4n) is 2.63. The summed E-state index contributed by atoms with van der Waals surface area (Å²) in [7, 11) is 1.82. The summed E-state index contributed by atoms with van der Waals surface area (Å²) in [4.78, 5) is 14.2. The zero-order valence-electron chi connectivity index (χ0n) is 15.1. The quantitative estimate of drug-likeness (QED) is 0.698. The SMILES string of the molecule is CCc1cccc(OCCCN(C)C(=O)c2cnn(CC)c2C)c1. The van der Waals surface area contributed by atoms with Crippen LogP contribution in [0.5, 0.6) is 5.75 Å². The van der Waals surface area contributed by atoms with Gasteiger partial charge in [-0.15, -0.1) is 0 Å². The van der Waals surface area contributed by atoms with Crippen molar-refractivity contribution in [3.05, 3.63) is 47.3 Å². The zero-order chi connectivity index (χ0) is 17.5. The molecule has 0 saturated heterocycles. The lowest BCUT2D eigenvalue weighted by Crippen LogP contribution is -2.29. The number of aromatic nitrogens is 2. The highest BCUT2D eigenvalue weighted by Gasteiger charge is 2.17. The molecule has 24 heavy (non-hydrogen) atoms. The molecule has 1 aromatic carbocycles. The topological polar surface area (TPSA) is 47.4 Å². The summed E-state index contributed by atoms with van der Waals surface area (Å²) in [6.07, 6.45) is 3.45. The molecule has 0 unspecified atom stereocenters. The molecule has 5 nitrogen and oxygen atoms in total. The third kappa shape index (κ3) is 4.37.